The van der Waals surface area contributed by atoms with E-state index in [2.05, 4.69) is 20.6 Å². The van der Waals surface area contributed by atoms with E-state index in [1.165, 1.54) is 0 Å². The van der Waals surface area contributed by atoms with Gasteiger partial charge in [-0.25, -0.2) is 0 Å². The minimum absolute atomic E-state index is 0.184. The molecule has 7 heteroatoms. The minimum Gasteiger partial charge on any atom is -0.396 e. The zero-order valence-corrected chi connectivity index (χ0v) is 19.8. The SMILES string of the molecule is Cc1c(C(=O)Nc2ccc(N=Nc3ccccc3)cc2)nn(CCCCCO)c1-c1ccccc1. The number of unbranched alkanes of at least 4 members (excludes halogenated alkanes) is 2. The molecule has 4 rings (SSSR count). The Morgan fingerprint density at radius 2 is 1.49 bits per heavy atom. The predicted molar refractivity (Wildman–Crippen MR) is 138 cm³/mol. The van der Waals surface area contributed by atoms with E-state index >= 15 is 0 Å². The van der Waals surface area contributed by atoms with Crippen LogP contribution in [0.5, 0.6) is 0 Å². The summed E-state index contributed by atoms with van der Waals surface area (Å²) in [6.45, 7) is 2.80. The summed E-state index contributed by atoms with van der Waals surface area (Å²) in [4.78, 5) is 13.1. The van der Waals surface area contributed by atoms with Crippen molar-refractivity contribution in [2.45, 2.75) is 32.7 Å². The zero-order valence-electron chi connectivity index (χ0n) is 19.8. The molecule has 1 aromatic heterocycles. The molecule has 0 saturated carbocycles. The van der Waals surface area contributed by atoms with Gasteiger partial charge < -0.3 is 10.4 Å². The van der Waals surface area contributed by atoms with Gasteiger partial charge in [-0.15, -0.1) is 0 Å². The number of azo groups is 1. The van der Waals surface area contributed by atoms with E-state index in [4.69, 9.17) is 5.11 Å². The fraction of sp³-hybridized carbons (Fsp3) is 0.214. The lowest BCUT2D eigenvalue weighted by Gasteiger charge is -2.08. The fourth-order valence-corrected chi connectivity index (χ4v) is 3.85. The van der Waals surface area contributed by atoms with Crippen LogP contribution in [0.4, 0.5) is 17.1 Å². The van der Waals surface area contributed by atoms with Crippen LogP contribution in [0.1, 0.15) is 35.3 Å². The number of carbonyl (C=O) groups is 1. The van der Waals surface area contributed by atoms with Gasteiger partial charge in [0.05, 0.1) is 17.1 Å². The maximum atomic E-state index is 13.1. The number of aromatic nitrogens is 2. The third-order valence-corrected chi connectivity index (χ3v) is 5.64. The van der Waals surface area contributed by atoms with Crippen molar-refractivity contribution >= 4 is 23.0 Å². The molecule has 1 heterocycles. The molecule has 0 aliphatic heterocycles. The highest BCUT2D eigenvalue weighted by atomic mass is 16.2. The molecule has 0 radical (unpaired) electrons. The Labute approximate surface area is 205 Å². The summed E-state index contributed by atoms with van der Waals surface area (Å²) < 4.78 is 1.91. The number of rotatable bonds is 10. The number of benzene rings is 3. The van der Waals surface area contributed by atoms with Crippen LogP contribution >= 0.6 is 0 Å². The molecule has 0 aliphatic carbocycles. The Morgan fingerprint density at radius 1 is 0.857 bits per heavy atom. The first-order valence-electron chi connectivity index (χ1n) is 11.8. The van der Waals surface area contributed by atoms with Crippen molar-refractivity contribution in [2.75, 3.05) is 11.9 Å². The summed E-state index contributed by atoms with van der Waals surface area (Å²) in [5.41, 5.74) is 5.33. The maximum Gasteiger partial charge on any atom is 0.276 e. The predicted octanol–water partition coefficient (Wildman–Crippen LogP) is 6.69. The van der Waals surface area contributed by atoms with Gasteiger partial charge in [-0.3, -0.25) is 9.48 Å². The standard InChI is InChI=1S/C28H29N5O2/c1-21-26(32-33(19-9-4-10-20-34)27(21)22-11-5-2-6-12-22)28(35)29-23-15-17-25(18-16-23)31-30-24-13-7-3-8-14-24/h2-3,5-8,11-18,34H,4,9-10,19-20H2,1H3,(H,29,35). The molecular weight excluding hydrogens is 438 g/mol. The first kappa shape index (κ1) is 24.0. The van der Waals surface area contributed by atoms with Crippen molar-refractivity contribution in [3.05, 3.63) is 96.2 Å². The summed E-state index contributed by atoms with van der Waals surface area (Å²) in [5.74, 6) is -0.257. The molecule has 0 bridgehead atoms. The van der Waals surface area contributed by atoms with Crippen LogP contribution in [0.15, 0.2) is 95.2 Å². The normalized spacial score (nSPS) is 11.1. The number of hydrogen-bond donors (Lipinski definition) is 2. The van der Waals surface area contributed by atoms with Crippen LogP contribution in [0.25, 0.3) is 11.3 Å². The Morgan fingerprint density at radius 3 is 2.14 bits per heavy atom. The van der Waals surface area contributed by atoms with Gasteiger partial charge in [-0.1, -0.05) is 48.5 Å². The molecule has 0 unspecified atom stereocenters. The molecule has 0 saturated heterocycles. The number of hydrogen-bond acceptors (Lipinski definition) is 5. The highest BCUT2D eigenvalue weighted by molar-refractivity contribution is 6.04. The number of anilines is 1. The van der Waals surface area contributed by atoms with Crippen LogP contribution in [-0.4, -0.2) is 27.4 Å². The Kier molecular flexibility index (Phi) is 8.14. The van der Waals surface area contributed by atoms with Crippen molar-refractivity contribution in [3.8, 4) is 11.3 Å². The molecule has 2 N–H and O–H groups in total. The fourth-order valence-electron chi connectivity index (χ4n) is 3.85. The lowest BCUT2D eigenvalue weighted by Crippen LogP contribution is -2.14. The maximum absolute atomic E-state index is 13.1. The van der Waals surface area contributed by atoms with Crippen molar-refractivity contribution < 1.29 is 9.90 Å². The molecule has 0 spiro atoms. The Hall–Kier alpha value is -4.10. The monoisotopic (exact) mass is 467 g/mol. The third-order valence-electron chi connectivity index (χ3n) is 5.64. The molecule has 4 aromatic rings. The van der Waals surface area contributed by atoms with E-state index in [0.717, 1.165) is 41.8 Å². The summed E-state index contributed by atoms with van der Waals surface area (Å²) in [6, 6.07) is 26.7. The van der Waals surface area contributed by atoms with Gasteiger partial charge in [0.2, 0.25) is 0 Å². The number of nitrogens with one attached hydrogen (secondary N) is 1. The van der Waals surface area contributed by atoms with Gasteiger partial charge in [0.15, 0.2) is 5.69 Å². The molecule has 0 aliphatic rings. The highest BCUT2D eigenvalue weighted by Crippen LogP contribution is 2.27. The molecule has 3 aromatic carbocycles. The van der Waals surface area contributed by atoms with E-state index < -0.39 is 0 Å². The molecule has 0 atom stereocenters. The second kappa shape index (κ2) is 11.9. The van der Waals surface area contributed by atoms with Gasteiger partial charge in [0.25, 0.3) is 5.91 Å². The van der Waals surface area contributed by atoms with Crippen LogP contribution in [-0.2, 0) is 6.54 Å². The number of aliphatic hydroxyl groups is 1. The van der Waals surface area contributed by atoms with Crippen LogP contribution in [0.3, 0.4) is 0 Å². The summed E-state index contributed by atoms with van der Waals surface area (Å²) in [6.07, 6.45) is 2.54. The highest BCUT2D eigenvalue weighted by Gasteiger charge is 2.21. The smallest absolute Gasteiger partial charge is 0.276 e. The van der Waals surface area contributed by atoms with Gasteiger partial charge in [-0.2, -0.15) is 15.3 Å². The van der Waals surface area contributed by atoms with Crippen molar-refractivity contribution in [1.82, 2.24) is 9.78 Å². The zero-order chi connectivity index (χ0) is 24.5. The largest absolute Gasteiger partial charge is 0.396 e. The second-order valence-corrected chi connectivity index (χ2v) is 8.23. The molecular formula is C28H29N5O2. The quantitative estimate of drug-likeness (QED) is 0.201. The van der Waals surface area contributed by atoms with Crippen molar-refractivity contribution in [2.24, 2.45) is 10.2 Å². The van der Waals surface area contributed by atoms with E-state index in [1.807, 2.05) is 84.4 Å². The molecule has 1 amide bonds. The number of carbonyl (C=O) groups excluding carboxylic acids is 1. The van der Waals surface area contributed by atoms with Gasteiger partial charge in [0, 0.05) is 30.0 Å². The molecule has 7 nitrogen and oxygen atoms in total. The average molecular weight is 468 g/mol. The van der Waals surface area contributed by atoms with Crippen LogP contribution in [0, 0.1) is 6.92 Å². The summed E-state index contributed by atoms with van der Waals surface area (Å²) in [7, 11) is 0. The summed E-state index contributed by atoms with van der Waals surface area (Å²) in [5, 5.41) is 25.1. The lowest BCUT2D eigenvalue weighted by atomic mass is 10.1. The molecule has 35 heavy (non-hydrogen) atoms. The van der Waals surface area contributed by atoms with Crippen LogP contribution < -0.4 is 5.32 Å². The van der Waals surface area contributed by atoms with E-state index in [-0.39, 0.29) is 12.5 Å². The Bertz CT molecular complexity index is 1270. The summed E-state index contributed by atoms with van der Waals surface area (Å²) >= 11 is 0. The Balaban J connectivity index is 1.50. The second-order valence-electron chi connectivity index (χ2n) is 8.23. The molecule has 178 valence electrons. The third kappa shape index (κ3) is 6.28. The van der Waals surface area contributed by atoms with E-state index in [1.54, 1.807) is 12.1 Å². The van der Waals surface area contributed by atoms with Crippen molar-refractivity contribution in [1.29, 1.82) is 0 Å². The van der Waals surface area contributed by atoms with Crippen LogP contribution in [0.2, 0.25) is 0 Å². The first-order valence-corrected chi connectivity index (χ1v) is 11.8. The molecule has 0 fully saturated rings. The van der Waals surface area contributed by atoms with E-state index in [9.17, 15) is 4.79 Å². The van der Waals surface area contributed by atoms with Crippen molar-refractivity contribution in [3.63, 3.8) is 0 Å². The number of amides is 1. The topological polar surface area (TPSA) is 91.9 Å². The number of nitrogens with zero attached hydrogens (tertiary/aromatic N) is 4. The average Bonchev–Trinajstić information content (AvgIpc) is 3.23. The van der Waals surface area contributed by atoms with Gasteiger partial charge in [0.1, 0.15) is 0 Å². The number of aryl methyl sites for hydroxylation is 1. The first-order chi connectivity index (χ1) is 17.2. The minimum atomic E-state index is -0.257. The number of aliphatic hydroxyl groups excluding tert-OH is 1. The van der Waals surface area contributed by atoms with Gasteiger partial charge >= 0.3 is 0 Å². The van der Waals surface area contributed by atoms with E-state index in [0.29, 0.717) is 23.6 Å². The lowest BCUT2D eigenvalue weighted by molar-refractivity contribution is 0.102. The van der Waals surface area contributed by atoms with Gasteiger partial charge in [-0.05, 0) is 62.6 Å².